The van der Waals surface area contributed by atoms with E-state index >= 15 is 0 Å². The van der Waals surface area contributed by atoms with E-state index in [-0.39, 0.29) is 0 Å². The van der Waals surface area contributed by atoms with Gasteiger partial charge in [-0.2, -0.15) is 4.45 Å². The Bertz CT molecular complexity index is 165. The Labute approximate surface area is 61.0 Å². The Morgan fingerprint density at radius 2 is 2.33 bits per heavy atom. The lowest BCUT2D eigenvalue weighted by atomic mass is 10.7. The number of anilines is 1. The molecule has 1 heterocycles. The highest BCUT2D eigenvalue weighted by atomic mass is 79.9. The van der Waals surface area contributed by atoms with Crippen LogP contribution in [0, 0.1) is 0 Å². The second kappa shape index (κ2) is 3.37. The molecule has 0 atom stereocenters. The maximum Gasteiger partial charge on any atom is 0.159 e. The van der Waals surface area contributed by atoms with Gasteiger partial charge in [0.2, 0.25) is 0 Å². The van der Waals surface area contributed by atoms with Crippen molar-refractivity contribution < 1.29 is 0 Å². The molecule has 1 rings (SSSR count). The predicted octanol–water partition coefficient (Wildman–Crippen LogP) is 0.703. The summed E-state index contributed by atoms with van der Waals surface area (Å²) in [5.74, 6) is 0.675. The number of hydrogen-bond acceptors (Lipinski definition) is 4. The van der Waals surface area contributed by atoms with E-state index in [2.05, 4.69) is 36.0 Å². The van der Waals surface area contributed by atoms with Crippen molar-refractivity contribution in [2.45, 2.75) is 0 Å². The van der Waals surface area contributed by atoms with Crippen molar-refractivity contribution in [2.75, 3.05) is 5.43 Å². The third kappa shape index (κ3) is 1.95. The first-order valence-corrected chi connectivity index (χ1v) is 3.10. The summed E-state index contributed by atoms with van der Waals surface area (Å²) in [6.07, 6.45) is 4.82. The molecule has 0 saturated carbocycles. The van der Waals surface area contributed by atoms with Gasteiger partial charge in [-0.15, -0.1) is 0 Å². The van der Waals surface area contributed by atoms with E-state index in [1.165, 1.54) is 0 Å². The molecular formula is C4H5BrN4. The Morgan fingerprint density at radius 1 is 1.44 bits per heavy atom. The van der Waals surface area contributed by atoms with Gasteiger partial charge < -0.3 is 0 Å². The molecule has 0 saturated heterocycles. The number of rotatable bonds is 2. The summed E-state index contributed by atoms with van der Waals surface area (Å²) in [7, 11) is 0. The summed E-state index contributed by atoms with van der Waals surface area (Å²) in [5, 5.41) is 0. The third-order valence-corrected chi connectivity index (χ3v) is 0.937. The average Bonchev–Trinajstić information content (AvgIpc) is 1.91. The van der Waals surface area contributed by atoms with Crippen molar-refractivity contribution in [1.82, 2.24) is 14.4 Å². The largest absolute Gasteiger partial charge is 0.294 e. The fraction of sp³-hybridized carbons (Fsp3) is 0. The minimum absolute atomic E-state index is 0.675. The van der Waals surface area contributed by atoms with E-state index < -0.39 is 0 Å². The van der Waals surface area contributed by atoms with Crippen molar-refractivity contribution >= 4 is 22.0 Å². The van der Waals surface area contributed by atoms with Crippen molar-refractivity contribution in [2.24, 2.45) is 0 Å². The van der Waals surface area contributed by atoms with Crippen LogP contribution in [-0.2, 0) is 0 Å². The first-order valence-electron chi connectivity index (χ1n) is 2.31. The summed E-state index contributed by atoms with van der Waals surface area (Å²) in [5.41, 5.74) is 2.70. The first kappa shape index (κ1) is 6.44. The minimum Gasteiger partial charge on any atom is -0.294 e. The van der Waals surface area contributed by atoms with Crippen molar-refractivity contribution in [1.29, 1.82) is 0 Å². The lowest BCUT2D eigenvalue weighted by molar-refractivity contribution is 1.12. The number of hydrogen-bond donors (Lipinski definition) is 2. The van der Waals surface area contributed by atoms with Crippen LogP contribution >= 0.6 is 16.1 Å². The highest BCUT2D eigenvalue weighted by Gasteiger charge is 1.84. The highest BCUT2D eigenvalue weighted by Crippen LogP contribution is 1.93. The summed E-state index contributed by atoms with van der Waals surface area (Å²) in [4.78, 5) is 7.72. The normalized spacial score (nSPS) is 9.00. The lowest BCUT2D eigenvalue weighted by Gasteiger charge is -1.97. The Morgan fingerprint density at radius 3 is 2.89 bits per heavy atom. The zero-order valence-corrected chi connectivity index (χ0v) is 6.09. The number of nitrogens with one attached hydrogen (secondary N) is 2. The Balaban J connectivity index is 2.61. The van der Waals surface area contributed by atoms with Gasteiger partial charge in [0.25, 0.3) is 0 Å². The summed E-state index contributed by atoms with van der Waals surface area (Å²) in [6, 6.07) is 0. The molecule has 0 fully saturated rings. The number of nitrogens with zero attached hydrogens (tertiary/aromatic N) is 2. The molecular weight excluding hydrogens is 184 g/mol. The van der Waals surface area contributed by atoms with Gasteiger partial charge in [-0.1, -0.05) is 0 Å². The number of halogens is 1. The fourth-order valence-electron chi connectivity index (χ4n) is 0.412. The van der Waals surface area contributed by atoms with Gasteiger partial charge in [0.15, 0.2) is 5.82 Å². The first-order chi connectivity index (χ1) is 4.43. The average molecular weight is 189 g/mol. The molecule has 48 valence electrons. The molecule has 5 heteroatoms. The predicted molar refractivity (Wildman–Crippen MR) is 37.7 cm³/mol. The monoisotopic (exact) mass is 188 g/mol. The van der Waals surface area contributed by atoms with Gasteiger partial charge in [-0.25, -0.2) is 4.98 Å². The minimum atomic E-state index is 0.675. The van der Waals surface area contributed by atoms with E-state index in [0.717, 1.165) is 0 Å². The van der Waals surface area contributed by atoms with Gasteiger partial charge in [0.1, 0.15) is 0 Å². The molecule has 0 bridgehead atoms. The van der Waals surface area contributed by atoms with Crippen LogP contribution in [0.4, 0.5) is 5.82 Å². The van der Waals surface area contributed by atoms with E-state index in [9.17, 15) is 0 Å². The summed E-state index contributed by atoms with van der Waals surface area (Å²) in [6.45, 7) is 0. The van der Waals surface area contributed by atoms with Crippen molar-refractivity contribution in [3.05, 3.63) is 18.6 Å². The van der Waals surface area contributed by atoms with Crippen LogP contribution in [0.25, 0.3) is 0 Å². The maximum absolute atomic E-state index is 3.90. The van der Waals surface area contributed by atoms with Crippen LogP contribution in [0.2, 0.25) is 0 Å². The van der Waals surface area contributed by atoms with Crippen molar-refractivity contribution in [3.63, 3.8) is 0 Å². The van der Waals surface area contributed by atoms with Crippen LogP contribution in [0.15, 0.2) is 18.6 Å². The zero-order chi connectivity index (χ0) is 6.53. The Kier molecular flexibility index (Phi) is 2.41. The van der Waals surface area contributed by atoms with Gasteiger partial charge in [-0.3, -0.25) is 10.4 Å². The maximum atomic E-state index is 3.90. The third-order valence-electron chi connectivity index (χ3n) is 0.738. The molecule has 0 spiro atoms. The van der Waals surface area contributed by atoms with Crippen LogP contribution in [-0.4, -0.2) is 9.97 Å². The number of aromatic nitrogens is 2. The van der Waals surface area contributed by atoms with Crippen LogP contribution in [0.3, 0.4) is 0 Å². The topological polar surface area (TPSA) is 49.8 Å². The quantitative estimate of drug-likeness (QED) is 0.531. The van der Waals surface area contributed by atoms with Crippen molar-refractivity contribution in [3.8, 4) is 0 Å². The van der Waals surface area contributed by atoms with Crippen LogP contribution < -0.4 is 9.88 Å². The standard InChI is InChI=1S/C4H5BrN4/c5-9-8-4-3-6-1-2-7-4/h1-3,9H,(H,7,8). The second-order valence-corrected chi connectivity index (χ2v) is 1.71. The lowest BCUT2D eigenvalue weighted by Crippen LogP contribution is -2.09. The molecule has 0 radical (unpaired) electrons. The highest BCUT2D eigenvalue weighted by molar-refractivity contribution is 9.08. The molecule has 0 unspecified atom stereocenters. The van der Waals surface area contributed by atoms with Crippen LogP contribution in [0.5, 0.6) is 0 Å². The molecule has 1 aromatic rings. The van der Waals surface area contributed by atoms with E-state index in [0.29, 0.717) is 5.82 Å². The molecule has 0 aliphatic heterocycles. The Hall–Kier alpha value is -0.680. The van der Waals surface area contributed by atoms with E-state index in [4.69, 9.17) is 0 Å². The SMILES string of the molecule is BrNNc1cnccn1. The molecule has 1 aromatic heterocycles. The summed E-state index contributed by atoms with van der Waals surface area (Å²) >= 11 is 2.96. The molecule has 4 nitrogen and oxygen atoms in total. The van der Waals surface area contributed by atoms with Crippen LogP contribution in [0.1, 0.15) is 0 Å². The second-order valence-electron chi connectivity index (χ2n) is 1.31. The number of hydrazine groups is 1. The smallest absolute Gasteiger partial charge is 0.159 e. The molecule has 0 aromatic carbocycles. The van der Waals surface area contributed by atoms with E-state index in [1.54, 1.807) is 18.6 Å². The molecule has 0 amide bonds. The van der Waals surface area contributed by atoms with E-state index in [1.807, 2.05) is 0 Å². The molecule has 2 N–H and O–H groups in total. The van der Waals surface area contributed by atoms with Gasteiger partial charge in [0.05, 0.1) is 6.20 Å². The zero-order valence-electron chi connectivity index (χ0n) is 4.50. The summed E-state index contributed by atoms with van der Waals surface area (Å²) < 4.78 is 2.54. The van der Waals surface area contributed by atoms with Gasteiger partial charge in [-0.05, 0) is 0 Å². The molecule has 0 aliphatic carbocycles. The fourth-order valence-corrected chi connectivity index (χ4v) is 0.615. The molecule has 9 heavy (non-hydrogen) atoms. The van der Waals surface area contributed by atoms with Gasteiger partial charge >= 0.3 is 0 Å². The van der Waals surface area contributed by atoms with Gasteiger partial charge in [0, 0.05) is 28.5 Å². The molecule has 0 aliphatic rings.